The van der Waals surface area contributed by atoms with Crippen LogP contribution in [0, 0.1) is 0 Å². The average molecular weight is 686 g/mol. The lowest BCUT2D eigenvalue weighted by atomic mass is 9.85. The monoisotopic (exact) mass is 685 g/mol. The van der Waals surface area contributed by atoms with Gasteiger partial charge in [-0.25, -0.2) is 4.68 Å². The Morgan fingerprint density at radius 3 is 2.45 bits per heavy atom. The smallest absolute Gasteiger partial charge is 0.287 e. The van der Waals surface area contributed by atoms with Crippen LogP contribution in [-0.4, -0.2) is 93.4 Å². The van der Waals surface area contributed by atoms with Gasteiger partial charge >= 0.3 is 0 Å². The van der Waals surface area contributed by atoms with Gasteiger partial charge in [0.25, 0.3) is 17.4 Å². The number of likely N-dealkylation sites (tertiary alicyclic amines) is 2. The van der Waals surface area contributed by atoms with Crippen molar-refractivity contribution in [3.63, 3.8) is 0 Å². The number of likely N-dealkylation sites (N-methyl/N-ethyl adjacent to an activating group) is 1. The summed E-state index contributed by atoms with van der Waals surface area (Å²) >= 11 is 6.31. The summed E-state index contributed by atoms with van der Waals surface area (Å²) in [5, 5.41) is 10.0. The van der Waals surface area contributed by atoms with Gasteiger partial charge in [0.05, 0.1) is 11.9 Å². The second-order valence-corrected chi connectivity index (χ2v) is 14.1. The summed E-state index contributed by atoms with van der Waals surface area (Å²) in [6, 6.07) is 13.1. The maximum absolute atomic E-state index is 13.6. The number of piperidine rings is 3. The van der Waals surface area contributed by atoms with Crippen LogP contribution in [0.5, 0.6) is 0 Å². The largest absolute Gasteiger partial charge is 0.378 e. The molecule has 3 aromatic rings. The van der Waals surface area contributed by atoms with Crippen molar-refractivity contribution in [2.24, 2.45) is 7.05 Å². The maximum atomic E-state index is 13.6. The van der Waals surface area contributed by atoms with Gasteiger partial charge in [0.15, 0.2) is 0 Å². The summed E-state index contributed by atoms with van der Waals surface area (Å²) in [6.45, 7) is 3.25. The average Bonchev–Trinajstić information content (AvgIpc) is 3.44. The molecule has 12 nitrogen and oxygen atoms in total. The molecule has 256 valence electrons. The number of hydrogen-bond donors (Lipinski definition) is 2. The van der Waals surface area contributed by atoms with E-state index in [1.165, 1.54) is 4.68 Å². The van der Waals surface area contributed by atoms with E-state index in [0.717, 1.165) is 49.0 Å². The first-order valence-corrected chi connectivity index (χ1v) is 17.3. The molecular weight excluding hydrogens is 646 g/mol. The first-order chi connectivity index (χ1) is 23.6. The molecule has 13 heteroatoms. The molecule has 4 aliphatic heterocycles. The fourth-order valence-corrected chi connectivity index (χ4v) is 8.19. The van der Waals surface area contributed by atoms with Gasteiger partial charge in [-0.1, -0.05) is 35.9 Å². The number of nitrogens with one attached hydrogen (secondary N) is 2. The Labute approximate surface area is 289 Å². The Morgan fingerprint density at radius 2 is 1.71 bits per heavy atom. The van der Waals surface area contributed by atoms with Crippen LogP contribution in [0.15, 0.2) is 53.5 Å². The van der Waals surface area contributed by atoms with Gasteiger partial charge in [-0.15, -0.1) is 0 Å². The zero-order chi connectivity index (χ0) is 34.4. The fourth-order valence-electron chi connectivity index (χ4n) is 7.96. The molecule has 5 heterocycles. The molecule has 0 spiro atoms. The molecule has 0 saturated carbocycles. The molecule has 49 heavy (non-hydrogen) atoms. The Kier molecular flexibility index (Phi) is 9.01. The minimum absolute atomic E-state index is 0.00982. The number of imide groups is 1. The van der Waals surface area contributed by atoms with Gasteiger partial charge in [0.1, 0.15) is 11.1 Å². The topological polar surface area (TPSA) is 137 Å². The number of aryl methyl sites for hydroxylation is 1. The number of halogens is 1. The number of rotatable bonds is 6. The van der Waals surface area contributed by atoms with Crippen molar-refractivity contribution in [1.29, 1.82) is 0 Å². The van der Waals surface area contributed by atoms with E-state index in [-0.39, 0.29) is 52.6 Å². The van der Waals surface area contributed by atoms with Crippen LogP contribution in [0.1, 0.15) is 81.3 Å². The summed E-state index contributed by atoms with van der Waals surface area (Å²) in [4.78, 5) is 69.1. The molecule has 3 saturated heterocycles. The SMILES string of the molecule is CN1C[C@H](Nc2cnn(C)c(=O)c2Cl)C[C@H](c2ccc(C(=O)N3CCC(c4cccc5c4CN(C4CCC(=O)NC4=O)C5=O)CC3)cc2)C1. The number of carbonyl (C=O) groups excluding carboxylic acids is 4. The Morgan fingerprint density at radius 1 is 0.959 bits per heavy atom. The van der Waals surface area contributed by atoms with Crippen LogP contribution < -0.4 is 16.2 Å². The van der Waals surface area contributed by atoms with Crippen LogP contribution in [0.4, 0.5) is 5.69 Å². The number of fused-ring (bicyclic) bond motifs is 1. The quantitative estimate of drug-likeness (QED) is 0.378. The van der Waals surface area contributed by atoms with Gasteiger partial charge < -0.3 is 20.0 Å². The number of anilines is 1. The molecule has 4 aliphatic rings. The highest BCUT2D eigenvalue weighted by atomic mass is 35.5. The third-order valence-corrected chi connectivity index (χ3v) is 10.9. The lowest BCUT2D eigenvalue weighted by Gasteiger charge is -2.37. The minimum Gasteiger partial charge on any atom is -0.378 e. The highest BCUT2D eigenvalue weighted by molar-refractivity contribution is 6.32. The molecular formula is C36H40ClN7O5. The van der Waals surface area contributed by atoms with E-state index in [1.54, 1.807) is 18.1 Å². The van der Waals surface area contributed by atoms with Gasteiger partial charge in [-0.3, -0.25) is 29.3 Å². The third kappa shape index (κ3) is 6.47. The van der Waals surface area contributed by atoms with Crippen LogP contribution in [-0.2, 0) is 23.2 Å². The normalized spacial score (nSPS) is 23.4. The van der Waals surface area contributed by atoms with Gasteiger partial charge in [0.2, 0.25) is 11.8 Å². The van der Waals surface area contributed by atoms with Gasteiger partial charge in [-0.2, -0.15) is 5.10 Å². The number of aromatic nitrogens is 2. The van der Waals surface area contributed by atoms with Crippen molar-refractivity contribution in [3.8, 4) is 0 Å². The Balaban J connectivity index is 0.969. The molecule has 4 amide bonds. The first kappa shape index (κ1) is 33.0. The summed E-state index contributed by atoms with van der Waals surface area (Å²) in [7, 11) is 3.64. The molecule has 0 radical (unpaired) electrons. The molecule has 1 unspecified atom stereocenters. The lowest BCUT2D eigenvalue weighted by Crippen LogP contribution is -2.52. The van der Waals surface area contributed by atoms with Crippen molar-refractivity contribution in [2.45, 2.75) is 62.6 Å². The molecule has 0 bridgehead atoms. The third-order valence-electron chi connectivity index (χ3n) is 10.5. The predicted octanol–water partition coefficient (Wildman–Crippen LogP) is 3.11. The molecule has 3 atom stereocenters. The highest BCUT2D eigenvalue weighted by Crippen LogP contribution is 2.37. The first-order valence-electron chi connectivity index (χ1n) is 16.9. The van der Waals surface area contributed by atoms with Crippen LogP contribution in [0.25, 0.3) is 0 Å². The molecule has 2 aromatic carbocycles. The standard InChI is InChI=1S/C36H40ClN7O5/c1-41-18-24(16-25(19-41)39-29-17-38-42(2)36(49)32(29)37)21-6-8-23(9-7-21)34(47)43-14-12-22(13-15-43)26-4-3-5-27-28(26)20-44(35(27)48)30-10-11-31(45)40-33(30)46/h3-9,17,22,24-25,30,39H,10-16,18-20H2,1-2H3,(H,40,45,46)/t24-,25+,30?/m0/s1. The van der Waals surface area contributed by atoms with Crippen LogP contribution in [0.2, 0.25) is 5.02 Å². The summed E-state index contributed by atoms with van der Waals surface area (Å²) in [5.74, 6) is -0.433. The molecule has 7 rings (SSSR count). The zero-order valence-corrected chi connectivity index (χ0v) is 28.4. The van der Waals surface area contributed by atoms with E-state index in [4.69, 9.17) is 11.6 Å². The van der Waals surface area contributed by atoms with Crippen molar-refractivity contribution in [1.82, 2.24) is 29.8 Å². The lowest BCUT2D eigenvalue weighted by molar-refractivity contribution is -0.136. The van der Waals surface area contributed by atoms with E-state index in [9.17, 15) is 24.0 Å². The summed E-state index contributed by atoms with van der Waals surface area (Å²) in [6.07, 6.45) is 4.55. The van der Waals surface area contributed by atoms with Crippen molar-refractivity contribution < 1.29 is 19.2 Å². The van der Waals surface area contributed by atoms with Gasteiger partial charge in [-0.05, 0) is 79.5 Å². The van der Waals surface area contributed by atoms with E-state index >= 15 is 0 Å². The minimum atomic E-state index is -0.642. The zero-order valence-electron chi connectivity index (χ0n) is 27.7. The van der Waals surface area contributed by atoms with Gasteiger partial charge in [0, 0.05) is 63.4 Å². The van der Waals surface area contributed by atoms with Crippen molar-refractivity contribution in [2.75, 3.05) is 38.5 Å². The Bertz CT molecular complexity index is 1870. The predicted molar refractivity (Wildman–Crippen MR) is 184 cm³/mol. The fraction of sp³-hybridized carbons (Fsp3) is 0.444. The summed E-state index contributed by atoms with van der Waals surface area (Å²) < 4.78 is 1.21. The number of nitrogens with zero attached hydrogens (tertiary/aromatic N) is 5. The molecule has 0 aliphatic carbocycles. The Hall–Kier alpha value is -4.55. The van der Waals surface area contributed by atoms with E-state index < -0.39 is 11.9 Å². The van der Waals surface area contributed by atoms with E-state index in [0.29, 0.717) is 42.9 Å². The number of carbonyl (C=O) groups is 4. The number of benzene rings is 2. The molecule has 2 N–H and O–H groups in total. The van der Waals surface area contributed by atoms with Crippen molar-refractivity contribution >= 4 is 40.9 Å². The second kappa shape index (κ2) is 13.4. The number of hydrogen-bond acceptors (Lipinski definition) is 8. The maximum Gasteiger partial charge on any atom is 0.287 e. The summed E-state index contributed by atoms with van der Waals surface area (Å²) in [5.41, 5.74) is 4.69. The van der Waals surface area contributed by atoms with Crippen molar-refractivity contribution in [3.05, 3.63) is 91.9 Å². The molecule has 3 fully saturated rings. The number of amides is 4. The second-order valence-electron chi connectivity index (χ2n) is 13.8. The highest BCUT2D eigenvalue weighted by Gasteiger charge is 2.41. The van der Waals surface area contributed by atoms with E-state index in [1.807, 2.05) is 41.3 Å². The van der Waals surface area contributed by atoms with Crippen LogP contribution in [0.3, 0.4) is 0 Å². The molecule has 1 aromatic heterocycles. The van der Waals surface area contributed by atoms with Crippen LogP contribution >= 0.6 is 11.6 Å². The van der Waals surface area contributed by atoms with E-state index in [2.05, 4.69) is 33.7 Å².